The molecule has 0 aliphatic carbocycles. The Bertz CT molecular complexity index is 476. The molecule has 0 fully saturated rings. The molecular weight excluding hydrogens is 210 g/mol. The zero-order valence-corrected chi connectivity index (χ0v) is 9.71. The number of fused-ring (bicyclic) bond motifs is 1. The van der Waals surface area contributed by atoms with Crippen LogP contribution in [0.5, 0.6) is 0 Å². The summed E-state index contributed by atoms with van der Waals surface area (Å²) >= 11 is 6.19. The lowest BCUT2D eigenvalue weighted by atomic mass is 10.2. The van der Waals surface area contributed by atoms with E-state index in [2.05, 4.69) is 16.8 Å². The van der Waals surface area contributed by atoms with E-state index in [0.29, 0.717) is 6.61 Å². The Hall–Kier alpha value is -0.990. The largest absolute Gasteiger partial charge is 0.377 e. The van der Waals surface area contributed by atoms with Crippen LogP contribution in [0.3, 0.4) is 0 Å². The van der Waals surface area contributed by atoms with Crippen molar-refractivity contribution < 1.29 is 4.74 Å². The number of rotatable bonds is 3. The molecule has 0 saturated carbocycles. The molecule has 2 aromatic rings. The first-order valence-electron chi connectivity index (χ1n) is 5.04. The third-order valence-electron chi connectivity index (χ3n) is 2.50. The van der Waals surface area contributed by atoms with E-state index in [-0.39, 0.29) is 0 Å². The average molecular weight is 224 g/mol. The van der Waals surface area contributed by atoms with E-state index in [4.69, 9.17) is 16.3 Å². The van der Waals surface area contributed by atoms with Crippen LogP contribution in [0.25, 0.3) is 10.9 Å². The fourth-order valence-electron chi connectivity index (χ4n) is 1.81. The van der Waals surface area contributed by atoms with E-state index in [0.717, 1.165) is 28.1 Å². The second-order valence-corrected chi connectivity index (χ2v) is 3.94. The molecule has 2 nitrogen and oxygen atoms in total. The Balaban J connectivity index is 2.54. The zero-order valence-electron chi connectivity index (χ0n) is 8.96. The van der Waals surface area contributed by atoms with Gasteiger partial charge >= 0.3 is 0 Å². The van der Waals surface area contributed by atoms with Gasteiger partial charge in [-0.25, -0.2) is 0 Å². The maximum Gasteiger partial charge on any atom is 0.0738 e. The SMILES string of the molecule is CCOCc1cn(C)c2cccc(Cl)c12. The predicted octanol–water partition coefficient (Wildman–Crippen LogP) is 3.37. The van der Waals surface area contributed by atoms with Crippen molar-refractivity contribution in [3.05, 3.63) is 35.0 Å². The second kappa shape index (κ2) is 4.25. The monoisotopic (exact) mass is 223 g/mol. The van der Waals surface area contributed by atoms with Gasteiger partial charge < -0.3 is 9.30 Å². The van der Waals surface area contributed by atoms with Crippen LogP contribution in [-0.2, 0) is 18.4 Å². The number of hydrogen-bond donors (Lipinski definition) is 0. The standard InChI is InChI=1S/C12H14ClNO/c1-3-15-8-9-7-14(2)11-6-4-5-10(13)12(9)11/h4-7H,3,8H2,1-2H3. The average Bonchev–Trinajstić information content (AvgIpc) is 2.55. The maximum atomic E-state index is 6.19. The summed E-state index contributed by atoms with van der Waals surface area (Å²) in [5.41, 5.74) is 2.30. The number of halogens is 1. The molecule has 0 bridgehead atoms. The lowest BCUT2D eigenvalue weighted by Crippen LogP contribution is -1.90. The van der Waals surface area contributed by atoms with Gasteiger partial charge in [-0.15, -0.1) is 0 Å². The van der Waals surface area contributed by atoms with Crippen molar-refractivity contribution in [2.45, 2.75) is 13.5 Å². The van der Waals surface area contributed by atoms with Gasteiger partial charge in [0.1, 0.15) is 0 Å². The molecule has 3 heteroatoms. The lowest BCUT2D eigenvalue weighted by molar-refractivity contribution is 0.135. The van der Waals surface area contributed by atoms with Gasteiger partial charge in [-0.1, -0.05) is 17.7 Å². The molecule has 0 spiro atoms. The Morgan fingerprint density at radius 1 is 1.40 bits per heavy atom. The van der Waals surface area contributed by atoms with Gasteiger partial charge in [-0.3, -0.25) is 0 Å². The summed E-state index contributed by atoms with van der Waals surface area (Å²) in [7, 11) is 2.02. The predicted molar refractivity (Wildman–Crippen MR) is 63.3 cm³/mol. The minimum atomic E-state index is 0.623. The van der Waals surface area contributed by atoms with E-state index in [1.165, 1.54) is 0 Å². The molecular formula is C12H14ClNO. The molecule has 15 heavy (non-hydrogen) atoms. The topological polar surface area (TPSA) is 14.2 Å². The minimum absolute atomic E-state index is 0.623. The summed E-state index contributed by atoms with van der Waals surface area (Å²) < 4.78 is 7.50. The van der Waals surface area contributed by atoms with Crippen molar-refractivity contribution in [2.75, 3.05) is 6.61 Å². The summed E-state index contributed by atoms with van der Waals surface area (Å²) in [6.07, 6.45) is 2.08. The summed E-state index contributed by atoms with van der Waals surface area (Å²) in [5.74, 6) is 0. The van der Waals surface area contributed by atoms with Crippen molar-refractivity contribution in [1.29, 1.82) is 0 Å². The first-order chi connectivity index (χ1) is 7.24. The van der Waals surface area contributed by atoms with Crippen molar-refractivity contribution >= 4 is 22.5 Å². The summed E-state index contributed by atoms with van der Waals surface area (Å²) in [4.78, 5) is 0. The van der Waals surface area contributed by atoms with E-state index in [1.54, 1.807) is 0 Å². The molecule has 0 unspecified atom stereocenters. The smallest absolute Gasteiger partial charge is 0.0738 e. The third-order valence-corrected chi connectivity index (χ3v) is 2.82. The molecule has 0 saturated heterocycles. The van der Waals surface area contributed by atoms with Gasteiger partial charge in [-0.05, 0) is 19.1 Å². The number of benzene rings is 1. The van der Waals surface area contributed by atoms with E-state index in [9.17, 15) is 0 Å². The van der Waals surface area contributed by atoms with Crippen LogP contribution >= 0.6 is 11.6 Å². The highest BCUT2D eigenvalue weighted by Gasteiger charge is 2.09. The highest BCUT2D eigenvalue weighted by molar-refractivity contribution is 6.35. The Morgan fingerprint density at radius 3 is 2.93 bits per heavy atom. The van der Waals surface area contributed by atoms with E-state index in [1.807, 2.05) is 26.1 Å². The van der Waals surface area contributed by atoms with Gasteiger partial charge in [0.05, 0.1) is 11.6 Å². The van der Waals surface area contributed by atoms with Gasteiger partial charge in [0.2, 0.25) is 0 Å². The van der Waals surface area contributed by atoms with Crippen LogP contribution < -0.4 is 0 Å². The maximum absolute atomic E-state index is 6.19. The molecule has 0 amide bonds. The van der Waals surface area contributed by atoms with Crippen LogP contribution in [0.15, 0.2) is 24.4 Å². The van der Waals surface area contributed by atoms with Crippen molar-refractivity contribution in [3.8, 4) is 0 Å². The molecule has 0 N–H and O–H groups in total. The number of aryl methyl sites for hydroxylation is 1. The molecule has 1 heterocycles. The van der Waals surface area contributed by atoms with E-state index >= 15 is 0 Å². The molecule has 0 aliphatic heterocycles. The van der Waals surface area contributed by atoms with Gasteiger partial charge in [-0.2, -0.15) is 0 Å². The lowest BCUT2D eigenvalue weighted by Gasteiger charge is -2.00. The number of nitrogens with zero attached hydrogens (tertiary/aromatic N) is 1. The highest BCUT2D eigenvalue weighted by atomic mass is 35.5. The Morgan fingerprint density at radius 2 is 2.20 bits per heavy atom. The van der Waals surface area contributed by atoms with E-state index < -0.39 is 0 Å². The third kappa shape index (κ3) is 1.87. The minimum Gasteiger partial charge on any atom is -0.377 e. The summed E-state index contributed by atoms with van der Waals surface area (Å²) in [6, 6.07) is 5.95. The number of hydrogen-bond acceptors (Lipinski definition) is 1. The van der Waals surface area contributed by atoms with Crippen molar-refractivity contribution in [2.24, 2.45) is 7.05 Å². The molecule has 1 aromatic carbocycles. The van der Waals surface area contributed by atoms with Crippen molar-refractivity contribution in [3.63, 3.8) is 0 Å². The first kappa shape index (κ1) is 10.5. The first-order valence-corrected chi connectivity index (χ1v) is 5.42. The fraction of sp³-hybridized carbons (Fsp3) is 0.333. The molecule has 0 aliphatic rings. The van der Waals surface area contributed by atoms with Crippen LogP contribution in [0.1, 0.15) is 12.5 Å². The fourth-order valence-corrected chi connectivity index (χ4v) is 2.10. The van der Waals surface area contributed by atoms with Gasteiger partial charge in [0, 0.05) is 36.3 Å². The number of aromatic nitrogens is 1. The number of ether oxygens (including phenoxy) is 1. The van der Waals surface area contributed by atoms with Crippen LogP contribution in [0, 0.1) is 0 Å². The molecule has 0 radical (unpaired) electrons. The zero-order chi connectivity index (χ0) is 10.8. The second-order valence-electron chi connectivity index (χ2n) is 3.54. The molecule has 0 atom stereocenters. The molecule has 80 valence electrons. The molecule has 2 rings (SSSR count). The van der Waals surface area contributed by atoms with Gasteiger partial charge in [0.15, 0.2) is 0 Å². The summed E-state index contributed by atoms with van der Waals surface area (Å²) in [5, 5.41) is 1.90. The quantitative estimate of drug-likeness (QED) is 0.778. The van der Waals surface area contributed by atoms with Crippen LogP contribution in [0.4, 0.5) is 0 Å². The van der Waals surface area contributed by atoms with Gasteiger partial charge in [0.25, 0.3) is 0 Å². The van der Waals surface area contributed by atoms with Crippen LogP contribution in [-0.4, -0.2) is 11.2 Å². The normalized spacial score (nSPS) is 11.1. The Kier molecular flexibility index (Phi) is 2.98. The summed E-state index contributed by atoms with van der Waals surface area (Å²) in [6.45, 7) is 3.34. The Labute approximate surface area is 94.4 Å². The highest BCUT2D eigenvalue weighted by Crippen LogP contribution is 2.28. The molecule has 1 aromatic heterocycles. The van der Waals surface area contributed by atoms with Crippen molar-refractivity contribution in [1.82, 2.24) is 4.57 Å². The van der Waals surface area contributed by atoms with Crippen LogP contribution in [0.2, 0.25) is 5.02 Å².